The summed E-state index contributed by atoms with van der Waals surface area (Å²) in [6.45, 7) is 6.67. The maximum Gasteiger partial charge on any atom is 0.244 e. The van der Waals surface area contributed by atoms with Gasteiger partial charge in [-0.1, -0.05) is 11.2 Å². The molecule has 1 aliphatic carbocycles. The topological polar surface area (TPSA) is 74.5 Å². The summed E-state index contributed by atoms with van der Waals surface area (Å²) in [6.07, 6.45) is 2.61. The van der Waals surface area contributed by atoms with E-state index in [2.05, 4.69) is 27.3 Å². The van der Waals surface area contributed by atoms with Crippen molar-refractivity contribution in [1.29, 1.82) is 0 Å². The summed E-state index contributed by atoms with van der Waals surface area (Å²) in [7, 11) is 0. The number of carbonyl (C=O) groups excluding carboxylic acids is 1. The highest BCUT2D eigenvalue weighted by Gasteiger charge is 2.28. The molecule has 1 amide bonds. The van der Waals surface area contributed by atoms with Crippen LogP contribution < -0.4 is 5.32 Å². The van der Waals surface area contributed by atoms with E-state index in [9.17, 15) is 4.79 Å². The number of carbonyl (C=O) groups is 1. The van der Waals surface area contributed by atoms with Crippen LogP contribution in [-0.2, 0) is 4.79 Å². The van der Waals surface area contributed by atoms with E-state index in [0.29, 0.717) is 18.3 Å². The van der Waals surface area contributed by atoms with Crippen LogP contribution in [0.5, 0.6) is 0 Å². The zero-order valence-corrected chi connectivity index (χ0v) is 15.9. The summed E-state index contributed by atoms with van der Waals surface area (Å²) < 4.78 is 5.47. The number of thiophene rings is 1. The number of nitrogens with zero attached hydrogens (tertiary/aromatic N) is 4. The molecule has 8 heteroatoms. The molecule has 26 heavy (non-hydrogen) atoms. The molecule has 2 aromatic heterocycles. The van der Waals surface area contributed by atoms with E-state index in [1.165, 1.54) is 12.8 Å². The van der Waals surface area contributed by atoms with Crippen LogP contribution in [0.2, 0.25) is 0 Å². The van der Waals surface area contributed by atoms with Crippen molar-refractivity contribution in [3.05, 3.63) is 23.4 Å². The number of hydrogen-bond acceptors (Lipinski definition) is 7. The molecule has 2 aromatic rings. The summed E-state index contributed by atoms with van der Waals surface area (Å²) in [5.41, 5.74) is 0. The van der Waals surface area contributed by atoms with Gasteiger partial charge in [0, 0.05) is 26.2 Å². The van der Waals surface area contributed by atoms with Crippen molar-refractivity contribution in [2.75, 3.05) is 39.3 Å². The van der Waals surface area contributed by atoms with Gasteiger partial charge in [0.25, 0.3) is 0 Å². The molecule has 1 aliphatic heterocycles. The maximum absolute atomic E-state index is 12.3. The third-order valence-electron chi connectivity index (χ3n) is 5.16. The van der Waals surface area contributed by atoms with Gasteiger partial charge in [0.05, 0.1) is 17.5 Å². The smallest absolute Gasteiger partial charge is 0.244 e. The second-order valence-electron chi connectivity index (χ2n) is 7.10. The largest absolute Gasteiger partial charge is 0.339 e. The minimum atomic E-state index is 0.0569. The number of nitrogens with one attached hydrogen (secondary N) is 1. The van der Waals surface area contributed by atoms with Crippen molar-refractivity contribution >= 4 is 17.2 Å². The van der Waals surface area contributed by atoms with Crippen molar-refractivity contribution in [3.63, 3.8) is 0 Å². The van der Waals surface area contributed by atoms with Gasteiger partial charge in [-0.2, -0.15) is 4.98 Å². The van der Waals surface area contributed by atoms with Crippen LogP contribution >= 0.6 is 11.3 Å². The first-order valence-electron chi connectivity index (χ1n) is 9.30. The molecular formula is C18H25N5O2S. The number of hydrogen-bond donors (Lipinski definition) is 1. The zero-order chi connectivity index (χ0) is 17.9. The highest BCUT2D eigenvalue weighted by molar-refractivity contribution is 7.13. The third kappa shape index (κ3) is 4.13. The van der Waals surface area contributed by atoms with Gasteiger partial charge in [-0.3, -0.25) is 9.69 Å². The van der Waals surface area contributed by atoms with E-state index >= 15 is 0 Å². The Kier molecular flexibility index (Phi) is 5.33. The average molecular weight is 375 g/mol. The van der Waals surface area contributed by atoms with Gasteiger partial charge in [0.2, 0.25) is 17.6 Å². The lowest BCUT2D eigenvalue weighted by atomic mass is 10.2. The van der Waals surface area contributed by atoms with Gasteiger partial charge in [0.1, 0.15) is 0 Å². The van der Waals surface area contributed by atoms with Crippen molar-refractivity contribution in [2.45, 2.75) is 25.8 Å². The van der Waals surface area contributed by atoms with Gasteiger partial charge < -0.3 is 14.7 Å². The molecule has 0 aromatic carbocycles. The van der Waals surface area contributed by atoms with Crippen molar-refractivity contribution in [3.8, 4) is 10.7 Å². The van der Waals surface area contributed by atoms with E-state index in [-0.39, 0.29) is 11.9 Å². The Labute approximate surface area is 157 Å². The summed E-state index contributed by atoms with van der Waals surface area (Å²) in [5.74, 6) is 2.29. The fraction of sp³-hybridized carbons (Fsp3) is 0.611. The van der Waals surface area contributed by atoms with E-state index < -0.39 is 0 Å². The zero-order valence-electron chi connectivity index (χ0n) is 15.1. The molecule has 0 radical (unpaired) electrons. The lowest BCUT2D eigenvalue weighted by Crippen LogP contribution is -2.51. The Bertz CT molecular complexity index is 720. The van der Waals surface area contributed by atoms with Crippen LogP contribution in [0.15, 0.2) is 22.0 Å². The molecule has 3 heterocycles. The van der Waals surface area contributed by atoms with Crippen molar-refractivity contribution in [2.24, 2.45) is 5.92 Å². The maximum atomic E-state index is 12.3. The minimum absolute atomic E-state index is 0.0569. The molecule has 1 saturated heterocycles. The van der Waals surface area contributed by atoms with Gasteiger partial charge in [-0.15, -0.1) is 11.3 Å². The number of rotatable bonds is 7. The summed E-state index contributed by atoms with van der Waals surface area (Å²) in [6, 6.07) is 4.03. The summed E-state index contributed by atoms with van der Waals surface area (Å²) >= 11 is 1.60. The molecule has 2 aliphatic rings. The van der Waals surface area contributed by atoms with E-state index in [1.807, 2.05) is 22.4 Å². The van der Waals surface area contributed by atoms with Crippen LogP contribution in [0.1, 0.15) is 31.7 Å². The Morgan fingerprint density at radius 1 is 1.38 bits per heavy atom. The van der Waals surface area contributed by atoms with Crippen LogP contribution in [-0.4, -0.2) is 65.1 Å². The van der Waals surface area contributed by atoms with Gasteiger partial charge in [-0.05, 0) is 43.7 Å². The monoisotopic (exact) mass is 375 g/mol. The van der Waals surface area contributed by atoms with Crippen molar-refractivity contribution in [1.82, 2.24) is 25.3 Å². The van der Waals surface area contributed by atoms with Gasteiger partial charge in [0.15, 0.2) is 0 Å². The number of amides is 1. The quantitative estimate of drug-likeness (QED) is 0.798. The Morgan fingerprint density at radius 2 is 2.19 bits per heavy atom. The van der Waals surface area contributed by atoms with E-state index in [1.54, 1.807) is 11.3 Å². The summed E-state index contributed by atoms with van der Waals surface area (Å²) in [4.78, 5) is 22.1. The van der Waals surface area contributed by atoms with Crippen LogP contribution in [0.25, 0.3) is 10.7 Å². The highest BCUT2D eigenvalue weighted by atomic mass is 32.1. The normalized spacial score (nSPS) is 19.7. The molecule has 1 atom stereocenters. The molecule has 1 saturated carbocycles. The predicted molar refractivity (Wildman–Crippen MR) is 99.8 cm³/mol. The first kappa shape index (κ1) is 17.6. The Morgan fingerprint density at radius 3 is 2.88 bits per heavy atom. The second kappa shape index (κ2) is 7.85. The molecule has 0 bridgehead atoms. The standard InChI is InChI=1S/C18H25N5O2S/c1-13(18-20-17(21-25-18)15-3-2-10-26-15)22-6-8-23(9-7-22)16(24)12-19-11-14-4-5-14/h2-3,10,13-14,19H,4-9,11-12H2,1H3. The second-order valence-corrected chi connectivity index (χ2v) is 8.05. The molecule has 4 rings (SSSR count). The third-order valence-corrected chi connectivity index (χ3v) is 6.03. The molecular weight excluding hydrogens is 350 g/mol. The molecule has 1 N–H and O–H groups in total. The van der Waals surface area contributed by atoms with E-state index in [0.717, 1.165) is 43.5 Å². The number of aromatic nitrogens is 2. The summed E-state index contributed by atoms with van der Waals surface area (Å²) in [5, 5.41) is 9.38. The fourth-order valence-electron chi connectivity index (χ4n) is 3.24. The first-order valence-corrected chi connectivity index (χ1v) is 10.2. The van der Waals surface area contributed by atoms with Gasteiger partial charge >= 0.3 is 0 Å². The predicted octanol–water partition coefficient (Wildman–Crippen LogP) is 2.00. The van der Waals surface area contributed by atoms with Crippen molar-refractivity contribution < 1.29 is 9.32 Å². The lowest BCUT2D eigenvalue weighted by Gasteiger charge is -2.36. The SMILES string of the molecule is CC(c1nc(-c2cccs2)no1)N1CCN(C(=O)CNCC2CC2)CC1. The molecule has 2 fully saturated rings. The van der Waals surface area contributed by atoms with Crippen LogP contribution in [0.4, 0.5) is 0 Å². The minimum Gasteiger partial charge on any atom is -0.339 e. The first-order chi connectivity index (χ1) is 12.7. The Balaban J connectivity index is 1.26. The molecule has 7 nitrogen and oxygen atoms in total. The van der Waals surface area contributed by atoms with Crippen LogP contribution in [0.3, 0.4) is 0 Å². The highest BCUT2D eigenvalue weighted by Crippen LogP contribution is 2.27. The molecule has 1 unspecified atom stereocenters. The Hall–Kier alpha value is -1.77. The van der Waals surface area contributed by atoms with Crippen LogP contribution in [0, 0.1) is 5.92 Å². The molecule has 0 spiro atoms. The molecule has 140 valence electrons. The number of piperazine rings is 1. The van der Waals surface area contributed by atoms with Gasteiger partial charge in [-0.25, -0.2) is 0 Å². The fourth-order valence-corrected chi connectivity index (χ4v) is 3.89. The lowest BCUT2D eigenvalue weighted by molar-refractivity contribution is -0.132. The average Bonchev–Trinajstić information content (AvgIpc) is 3.14. The van der Waals surface area contributed by atoms with E-state index in [4.69, 9.17) is 4.52 Å².